The van der Waals surface area contributed by atoms with E-state index < -0.39 is 0 Å². The van der Waals surface area contributed by atoms with Gasteiger partial charge in [0.2, 0.25) is 5.91 Å². The van der Waals surface area contributed by atoms with E-state index in [1.54, 1.807) is 0 Å². The summed E-state index contributed by atoms with van der Waals surface area (Å²) in [6, 6.07) is 2.23. The lowest BCUT2D eigenvalue weighted by Gasteiger charge is -2.22. The summed E-state index contributed by atoms with van der Waals surface area (Å²) in [6.45, 7) is 3.16. The first-order valence-electron chi connectivity index (χ1n) is 5.72. The molecule has 0 aliphatic carbocycles. The minimum Gasteiger partial charge on any atom is -0.342 e. The average Bonchev–Trinajstić information content (AvgIpc) is 2.87. The number of nitriles is 1. The first-order valence-corrected chi connectivity index (χ1v) is 5.72. The largest absolute Gasteiger partial charge is 0.342 e. The first-order chi connectivity index (χ1) is 7.31. The second-order valence-electron chi connectivity index (χ2n) is 4.35. The molecule has 1 unspecified atom stereocenters. The maximum absolute atomic E-state index is 11.8. The molecular formula is C11H17N3O. The summed E-state index contributed by atoms with van der Waals surface area (Å²) in [6.07, 6.45) is 4.23. The Labute approximate surface area is 90.5 Å². The third-order valence-electron chi connectivity index (χ3n) is 3.31. The molecule has 2 aliphatic rings. The highest BCUT2D eigenvalue weighted by atomic mass is 16.2. The van der Waals surface area contributed by atoms with Gasteiger partial charge in [-0.15, -0.1) is 0 Å². The second kappa shape index (κ2) is 4.63. The van der Waals surface area contributed by atoms with E-state index >= 15 is 0 Å². The number of hydrogen-bond acceptors (Lipinski definition) is 3. The third kappa shape index (κ3) is 2.29. The van der Waals surface area contributed by atoms with Crippen LogP contribution >= 0.6 is 0 Å². The lowest BCUT2D eigenvalue weighted by molar-refractivity contribution is -0.131. The number of rotatable bonds is 2. The lowest BCUT2D eigenvalue weighted by atomic mass is 10.2. The van der Waals surface area contributed by atoms with Gasteiger partial charge in [0.05, 0.1) is 18.7 Å². The number of amides is 1. The van der Waals surface area contributed by atoms with E-state index in [2.05, 4.69) is 6.07 Å². The Morgan fingerprint density at radius 3 is 2.67 bits per heavy atom. The van der Waals surface area contributed by atoms with Gasteiger partial charge in [0.1, 0.15) is 0 Å². The van der Waals surface area contributed by atoms with E-state index in [9.17, 15) is 4.79 Å². The van der Waals surface area contributed by atoms with Crippen molar-refractivity contribution in [2.75, 3.05) is 26.2 Å². The normalized spacial score (nSPS) is 26.9. The zero-order chi connectivity index (χ0) is 10.7. The Hall–Kier alpha value is -1.08. The minimum absolute atomic E-state index is 0.0310. The van der Waals surface area contributed by atoms with Crippen LogP contribution in [0.25, 0.3) is 0 Å². The molecule has 0 spiro atoms. The number of hydrogen-bond donors (Lipinski definition) is 0. The summed E-state index contributed by atoms with van der Waals surface area (Å²) in [4.78, 5) is 15.8. The molecule has 4 heteroatoms. The van der Waals surface area contributed by atoms with Crippen molar-refractivity contribution in [1.29, 1.82) is 5.26 Å². The van der Waals surface area contributed by atoms with Gasteiger partial charge in [-0.2, -0.15) is 5.26 Å². The zero-order valence-corrected chi connectivity index (χ0v) is 8.98. The van der Waals surface area contributed by atoms with E-state index in [0.29, 0.717) is 6.54 Å². The molecule has 1 atom stereocenters. The maximum atomic E-state index is 11.8. The number of nitrogens with zero attached hydrogens (tertiary/aromatic N) is 3. The van der Waals surface area contributed by atoms with E-state index in [1.165, 1.54) is 0 Å². The molecule has 15 heavy (non-hydrogen) atoms. The van der Waals surface area contributed by atoms with Crippen molar-refractivity contribution < 1.29 is 4.79 Å². The Kier molecular flexibility index (Phi) is 3.22. The van der Waals surface area contributed by atoms with E-state index in [4.69, 9.17) is 5.26 Å². The monoisotopic (exact) mass is 207 g/mol. The topological polar surface area (TPSA) is 47.3 Å². The van der Waals surface area contributed by atoms with Crippen LogP contribution in [0.15, 0.2) is 0 Å². The van der Waals surface area contributed by atoms with Crippen LogP contribution in [0.1, 0.15) is 25.7 Å². The SMILES string of the molecule is N#CC1CCCN1CC(=O)N1CCCC1. The van der Waals surface area contributed by atoms with Crippen LogP contribution in [0.4, 0.5) is 0 Å². The van der Waals surface area contributed by atoms with Crippen molar-refractivity contribution >= 4 is 5.91 Å². The fourth-order valence-electron chi connectivity index (χ4n) is 2.40. The Morgan fingerprint density at radius 1 is 1.27 bits per heavy atom. The molecule has 2 aliphatic heterocycles. The first kappa shape index (κ1) is 10.4. The molecule has 2 fully saturated rings. The molecule has 4 nitrogen and oxygen atoms in total. The molecule has 0 radical (unpaired) electrons. The predicted molar refractivity (Wildman–Crippen MR) is 56.0 cm³/mol. The number of likely N-dealkylation sites (tertiary alicyclic amines) is 2. The van der Waals surface area contributed by atoms with Crippen molar-refractivity contribution in [2.45, 2.75) is 31.7 Å². The summed E-state index contributed by atoms with van der Waals surface area (Å²) >= 11 is 0. The molecule has 2 heterocycles. The van der Waals surface area contributed by atoms with Gasteiger partial charge in [-0.05, 0) is 25.7 Å². The molecule has 0 aromatic heterocycles. The van der Waals surface area contributed by atoms with Gasteiger partial charge in [-0.1, -0.05) is 0 Å². The molecule has 0 aromatic carbocycles. The van der Waals surface area contributed by atoms with Gasteiger partial charge in [-0.25, -0.2) is 0 Å². The fraction of sp³-hybridized carbons (Fsp3) is 0.818. The summed E-state index contributed by atoms with van der Waals surface area (Å²) in [5, 5.41) is 8.90. The van der Waals surface area contributed by atoms with Gasteiger partial charge < -0.3 is 4.90 Å². The van der Waals surface area contributed by atoms with Gasteiger partial charge >= 0.3 is 0 Å². The van der Waals surface area contributed by atoms with Crippen LogP contribution in [0.3, 0.4) is 0 Å². The van der Waals surface area contributed by atoms with Gasteiger partial charge in [0.25, 0.3) is 0 Å². The van der Waals surface area contributed by atoms with Crippen molar-refractivity contribution in [3.63, 3.8) is 0 Å². The molecule has 0 saturated carbocycles. The summed E-state index contributed by atoms with van der Waals surface area (Å²) in [5.41, 5.74) is 0. The van der Waals surface area contributed by atoms with Gasteiger partial charge in [0, 0.05) is 19.6 Å². The van der Waals surface area contributed by atoms with E-state index in [0.717, 1.165) is 45.3 Å². The molecule has 82 valence electrons. The quantitative estimate of drug-likeness (QED) is 0.666. The predicted octanol–water partition coefficient (Wildman–Crippen LogP) is 0.597. The molecule has 2 saturated heterocycles. The lowest BCUT2D eigenvalue weighted by Crippen LogP contribution is -2.40. The molecule has 2 rings (SSSR count). The van der Waals surface area contributed by atoms with Crippen molar-refractivity contribution in [3.05, 3.63) is 0 Å². The molecule has 0 aromatic rings. The Balaban J connectivity index is 1.85. The highest BCUT2D eigenvalue weighted by molar-refractivity contribution is 5.78. The van der Waals surface area contributed by atoms with Gasteiger partial charge in [0.15, 0.2) is 0 Å². The standard InChI is InChI=1S/C11H17N3O/c12-8-10-4-3-7-14(10)9-11(15)13-5-1-2-6-13/h10H,1-7,9H2. The molecule has 0 N–H and O–H groups in total. The van der Waals surface area contributed by atoms with Crippen LogP contribution in [0.2, 0.25) is 0 Å². The van der Waals surface area contributed by atoms with Crippen LogP contribution < -0.4 is 0 Å². The highest BCUT2D eigenvalue weighted by Crippen LogP contribution is 2.17. The Bertz CT molecular complexity index is 278. The molecular weight excluding hydrogens is 190 g/mol. The highest BCUT2D eigenvalue weighted by Gasteiger charge is 2.28. The third-order valence-corrected chi connectivity index (χ3v) is 3.31. The zero-order valence-electron chi connectivity index (χ0n) is 8.98. The van der Waals surface area contributed by atoms with Crippen molar-refractivity contribution in [2.24, 2.45) is 0 Å². The van der Waals surface area contributed by atoms with Crippen molar-refractivity contribution in [1.82, 2.24) is 9.80 Å². The number of carbonyl (C=O) groups excluding carboxylic acids is 1. The Morgan fingerprint density at radius 2 is 2.00 bits per heavy atom. The van der Waals surface area contributed by atoms with E-state index in [1.807, 2.05) is 9.80 Å². The van der Waals surface area contributed by atoms with Crippen LogP contribution in [-0.4, -0.2) is 47.9 Å². The minimum atomic E-state index is -0.0310. The van der Waals surface area contributed by atoms with E-state index in [-0.39, 0.29) is 11.9 Å². The summed E-state index contributed by atoms with van der Waals surface area (Å²) < 4.78 is 0. The maximum Gasteiger partial charge on any atom is 0.236 e. The van der Waals surface area contributed by atoms with Crippen LogP contribution in [0, 0.1) is 11.3 Å². The van der Waals surface area contributed by atoms with Crippen LogP contribution in [-0.2, 0) is 4.79 Å². The second-order valence-corrected chi connectivity index (χ2v) is 4.35. The average molecular weight is 207 g/mol. The summed E-state index contributed by atoms with van der Waals surface area (Å²) in [5.74, 6) is 0.203. The summed E-state index contributed by atoms with van der Waals surface area (Å²) in [7, 11) is 0. The van der Waals surface area contributed by atoms with Crippen molar-refractivity contribution in [3.8, 4) is 6.07 Å². The number of carbonyl (C=O) groups is 1. The molecule has 0 bridgehead atoms. The fourth-order valence-corrected chi connectivity index (χ4v) is 2.40. The smallest absolute Gasteiger partial charge is 0.236 e. The van der Waals surface area contributed by atoms with Crippen LogP contribution in [0.5, 0.6) is 0 Å². The van der Waals surface area contributed by atoms with Gasteiger partial charge in [-0.3, -0.25) is 9.69 Å². The molecule has 1 amide bonds.